The summed E-state index contributed by atoms with van der Waals surface area (Å²) in [5, 5.41) is 14.7. The molecule has 6 aromatic carbocycles. The molecule has 2 atom stereocenters. The summed E-state index contributed by atoms with van der Waals surface area (Å²) in [7, 11) is 8.49. The van der Waals surface area contributed by atoms with E-state index in [9.17, 15) is 47.5 Å². The Morgan fingerprint density at radius 1 is 0.585 bits per heavy atom. The fourth-order valence-electron chi connectivity index (χ4n) is 11.5. The molecule has 0 radical (unpaired) electrons. The number of methoxy groups -OCH3 is 2. The molecule has 0 spiro atoms. The summed E-state index contributed by atoms with van der Waals surface area (Å²) < 4.78 is 45.1. The molecule has 4 amide bonds. The number of nitrogens with zero attached hydrogens (tertiary/aromatic N) is 4. The lowest BCUT2D eigenvalue weighted by molar-refractivity contribution is -0.120. The number of aldehydes is 1. The molecule has 0 unspecified atom stereocenters. The van der Waals surface area contributed by atoms with Gasteiger partial charge in [-0.3, -0.25) is 42.7 Å². The van der Waals surface area contributed by atoms with E-state index in [-0.39, 0.29) is 60.1 Å². The van der Waals surface area contributed by atoms with Crippen LogP contribution in [0.5, 0.6) is 11.5 Å². The number of carbonyl (C=O) groups is 5. The van der Waals surface area contributed by atoms with Crippen LogP contribution in [0.2, 0.25) is 0 Å². The molecule has 10 rings (SSSR count). The summed E-state index contributed by atoms with van der Waals surface area (Å²) in [6.07, 6.45) is 7.60. The lowest BCUT2D eigenvalue weighted by atomic mass is 9.90. The normalized spacial score (nSPS) is 13.9. The summed E-state index contributed by atoms with van der Waals surface area (Å²) in [6, 6.07) is 29.1. The van der Waals surface area contributed by atoms with E-state index in [2.05, 4.69) is 26.6 Å². The summed E-state index contributed by atoms with van der Waals surface area (Å²) in [5.41, 5.74) is 13.4. The van der Waals surface area contributed by atoms with Crippen LogP contribution < -0.4 is 64.3 Å². The molecule has 0 aliphatic carbocycles. The Morgan fingerprint density at radius 2 is 0.989 bits per heavy atom. The minimum Gasteiger partial charge on any atom is -0.496 e. The van der Waals surface area contributed by atoms with Crippen molar-refractivity contribution in [2.24, 2.45) is 33.9 Å². The number of benzene rings is 6. The standard InChI is InChI=1S/C35H38FN5O5.C29H26FN3O5.C6H12N2O.CH4/c1-20-24(22-16-29(36)27(31(17-22)46-5)18-37-15-14-23-12-13-32(42)38-23)8-6-9-25(20)26-10-7-11-30(21(26)2)39-33(43)28-19-40(3)35(45)41(4)34(28)44;1-16-19(18-12-24(30)23(15-34)26(13-18)38-5)8-6-9-20(16)21-10-7-11-25(17(21)2)31-27(35)22-14-32(3)29(37)33(4)28(22)36;7-4-3-5-1-2-6(9)8-5;/h6-11,16-17,19,23,37H,12-15,18H2,1-5H3,(H,38,42)(H,39,43);6-15H,1-5H3,(H,31,35);5H,1-4,7H2,(H,8,9);1H4/t23-;;5-;/m0.0./s1. The van der Waals surface area contributed by atoms with Crippen molar-refractivity contribution in [3.63, 3.8) is 0 Å². The molecular weight excluding hydrogens is 1210 g/mol. The van der Waals surface area contributed by atoms with Gasteiger partial charge in [0.1, 0.15) is 34.3 Å². The third-order valence-corrected chi connectivity index (χ3v) is 16.9. The lowest BCUT2D eigenvalue weighted by Gasteiger charge is -2.18. The lowest BCUT2D eigenvalue weighted by Crippen LogP contribution is -2.40. The number of anilines is 2. The third kappa shape index (κ3) is 15.7. The number of ether oxygens (including phenoxy) is 2. The summed E-state index contributed by atoms with van der Waals surface area (Å²) in [6.45, 7) is 9.19. The van der Waals surface area contributed by atoms with Gasteiger partial charge in [-0.2, -0.15) is 0 Å². The smallest absolute Gasteiger partial charge is 0.330 e. The average molecular weight is 1290 g/mol. The van der Waals surface area contributed by atoms with Crippen molar-refractivity contribution < 1.29 is 42.2 Å². The number of halogens is 2. The molecular formula is C71H80F2N10O11. The van der Waals surface area contributed by atoms with Gasteiger partial charge in [-0.15, -0.1) is 0 Å². The SMILES string of the molecule is C.COc1cc(-c2cccc(-c3cccc(NC(=O)c4cn(C)c(=O)n(C)c4=O)c3C)c2C)cc(F)c1C=O.COc1cc(-c2cccc(-c3cccc(NC(=O)c4cn(C)c(=O)n(C)c4=O)c3C)c2C)cc(F)c1CNCC[C@@H]1CCC(=O)N1.NCC[C@@H]1CCC(=O)N1. The molecule has 4 heterocycles. The van der Waals surface area contributed by atoms with Gasteiger partial charge >= 0.3 is 11.4 Å². The molecule has 21 nitrogen and oxygen atoms in total. The summed E-state index contributed by atoms with van der Waals surface area (Å²) >= 11 is 0. The van der Waals surface area contributed by atoms with Crippen molar-refractivity contribution >= 4 is 41.3 Å². The maximum atomic E-state index is 15.5. The zero-order valence-electron chi connectivity index (χ0n) is 53.6. The van der Waals surface area contributed by atoms with Gasteiger partial charge < -0.3 is 50.9 Å². The van der Waals surface area contributed by atoms with Gasteiger partial charge in [0.2, 0.25) is 11.8 Å². The Kier molecular flexibility index (Phi) is 23.7. The maximum absolute atomic E-state index is 15.5. The highest BCUT2D eigenvalue weighted by Crippen LogP contribution is 2.40. The largest absolute Gasteiger partial charge is 0.496 e. The Hall–Kier alpha value is -10.4. The van der Waals surface area contributed by atoms with E-state index in [0.29, 0.717) is 72.1 Å². The molecule has 2 aromatic heterocycles. The molecule has 0 bridgehead atoms. The summed E-state index contributed by atoms with van der Waals surface area (Å²) in [4.78, 5) is 109. The van der Waals surface area contributed by atoms with Gasteiger partial charge in [0, 0.05) is 89.0 Å². The molecule has 94 heavy (non-hydrogen) atoms. The first kappa shape index (κ1) is 71.1. The second kappa shape index (κ2) is 31.3. The second-order valence-corrected chi connectivity index (χ2v) is 22.9. The van der Waals surface area contributed by atoms with Crippen LogP contribution in [0, 0.1) is 39.3 Å². The number of carbonyl (C=O) groups excluding carboxylic acids is 5. The van der Waals surface area contributed by atoms with Crippen molar-refractivity contribution in [2.45, 2.75) is 92.3 Å². The Morgan fingerprint density at radius 3 is 1.40 bits per heavy atom. The molecule has 7 N–H and O–H groups in total. The van der Waals surface area contributed by atoms with Gasteiger partial charge in [0.25, 0.3) is 22.9 Å². The van der Waals surface area contributed by atoms with Crippen LogP contribution in [0.4, 0.5) is 20.2 Å². The van der Waals surface area contributed by atoms with Crippen molar-refractivity contribution in [3.8, 4) is 56.0 Å². The number of nitrogens with one attached hydrogen (secondary N) is 5. The number of amides is 4. The maximum Gasteiger partial charge on any atom is 0.330 e. The first-order valence-corrected chi connectivity index (χ1v) is 30.2. The molecule has 2 fully saturated rings. The Balaban J connectivity index is 0.000000235. The van der Waals surface area contributed by atoms with Crippen molar-refractivity contribution in [2.75, 3.05) is 37.9 Å². The predicted octanol–water partition coefficient (Wildman–Crippen LogP) is 8.69. The predicted molar refractivity (Wildman–Crippen MR) is 361 cm³/mol. The quantitative estimate of drug-likeness (QED) is 0.0347. The van der Waals surface area contributed by atoms with Crippen molar-refractivity contribution in [1.29, 1.82) is 0 Å². The van der Waals surface area contributed by atoms with Gasteiger partial charge in [-0.1, -0.05) is 68.1 Å². The number of aromatic nitrogens is 4. The molecule has 2 saturated heterocycles. The molecule has 2 aliphatic rings. The molecule has 494 valence electrons. The third-order valence-electron chi connectivity index (χ3n) is 16.9. The Labute approximate surface area is 543 Å². The van der Waals surface area contributed by atoms with Crippen LogP contribution in [0.1, 0.15) is 105 Å². The highest BCUT2D eigenvalue weighted by molar-refractivity contribution is 6.05. The number of rotatable bonds is 18. The van der Waals surface area contributed by atoms with E-state index in [4.69, 9.17) is 15.2 Å². The zero-order valence-corrected chi connectivity index (χ0v) is 53.6. The minimum atomic E-state index is -0.689. The first-order valence-electron chi connectivity index (χ1n) is 30.2. The fourth-order valence-corrected chi connectivity index (χ4v) is 11.5. The van der Waals surface area contributed by atoms with Crippen LogP contribution in [0.3, 0.4) is 0 Å². The van der Waals surface area contributed by atoms with Crippen molar-refractivity contribution in [1.82, 2.24) is 34.2 Å². The van der Waals surface area contributed by atoms with Gasteiger partial charge in [-0.05, 0) is 170 Å². The zero-order chi connectivity index (χ0) is 67.5. The number of hydrogen-bond acceptors (Lipinski definition) is 13. The van der Waals surface area contributed by atoms with E-state index >= 15 is 4.39 Å². The molecule has 23 heteroatoms. The van der Waals surface area contributed by atoms with E-state index in [0.717, 1.165) is 90.5 Å². The van der Waals surface area contributed by atoms with Crippen LogP contribution in [-0.2, 0) is 44.3 Å². The van der Waals surface area contributed by atoms with Crippen LogP contribution in [0.25, 0.3) is 44.5 Å². The van der Waals surface area contributed by atoms with Crippen LogP contribution in [0.15, 0.2) is 129 Å². The first-order chi connectivity index (χ1) is 44.4. The van der Waals surface area contributed by atoms with Gasteiger partial charge in [-0.25, -0.2) is 18.4 Å². The van der Waals surface area contributed by atoms with Gasteiger partial charge in [0.05, 0.1) is 19.8 Å². The minimum absolute atomic E-state index is 0. The van der Waals surface area contributed by atoms with E-state index in [1.54, 1.807) is 24.3 Å². The molecule has 2 aliphatic heterocycles. The number of aryl methyl sites for hydroxylation is 2. The Bertz CT molecular complexity index is 4480. The second-order valence-electron chi connectivity index (χ2n) is 22.9. The monoisotopic (exact) mass is 1290 g/mol. The number of nitrogens with two attached hydrogens (primary N) is 1. The van der Waals surface area contributed by atoms with Crippen LogP contribution >= 0.6 is 0 Å². The summed E-state index contributed by atoms with van der Waals surface area (Å²) in [5.74, 6) is -1.48. The number of hydrogen-bond donors (Lipinski definition) is 6. The topological polar surface area (TPSA) is 278 Å². The average Bonchev–Trinajstić information content (AvgIpc) is 0.909. The van der Waals surface area contributed by atoms with E-state index in [1.165, 1.54) is 76.1 Å². The molecule has 8 aromatic rings. The highest BCUT2D eigenvalue weighted by Gasteiger charge is 2.24. The highest BCUT2D eigenvalue weighted by atomic mass is 19.1. The molecule has 0 saturated carbocycles. The van der Waals surface area contributed by atoms with Gasteiger partial charge in [0.15, 0.2) is 6.29 Å². The van der Waals surface area contributed by atoms with Crippen molar-refractivity contribution in [3.05, 3.63) is 207 Å². The van der Waals surface area contributed by atoms with E-state index < -0.39 is 40.1 Å². The van der Waals surface area contributed by atoms with Crippen LogP contribution in [-0.4, -0.2) is 87.6 Å². The fraction of sp³-hybridized carbons (Fsp3) is 0.310. The van der Waals surface area contributed by atoms with E-state index in [1.807, 2.05) is 88.4 Å².